The molecule has 0 spiro atoms. The highest BCUT2D eigenvalue weighted by Crippen LogP contribution is 2.25. The number of nitrogens with one attached hydrogen (secondary N) is 2. The van der Waals surface area contributed by atoms with Crippen LogP contribution in [0.3, 0.4) is 0 Å². The molecule has 0 unspecified atom stereocenters. The molecule has 0 fully saturated rings. The Balaban J connectivity index is 1.66. The van der Waals surface area contributed by atoms with Crippen molar-refractivity contribution in [1.29, 1.82) is 0 Å². The second kappa shape index (κ2) is 12.7. The minimum atomic E-state index is -0.603. The lowest BCUT2D eigenvalue weighted by Crippen LogP contribution is -2.21. The summed E-state index contributed by atoms with van der Waals surface area (Å²) in [6.07, 6.45) is 0.307. The maximum Gasteiger partial charge on any atom is 0.338 e. The first-order valence-electron chi connectivity index (χ1n) is 9.76. The highest BCUT2D eigenvalue weighted by atomic mass is 35.5. The third kappa shape index (κ3) is 8.56. The van der Waals surface area contributed by atoms with Crippen LogP contribution < -0.4 is 10.6 Å². The van der Waals surface area contributed by atoms with E-state index in [0.29, 0.717) is 22.0 Å². The van der Waals surface area contributed by atoms with E-state index in [1.807, 2.05) is 0 Å². The number of amides is 2. The molecule has 2 rings (SSSR count). The van der Waals surface area contributed by atoms with Crippen LogP contribution in [0.2, 0.25) is 10.0 Å². The Kier molecular flexibility index (Phi) is 9.97. The van der Waals surface area contributed by atoms with Crippen molar-refractivity contribution in [3.63, 3.8) is 0 Å². The monoisotopic (exact) mass is 480 g/mol. The summed E-state index contributed by atoms with van der Waals surface area (Å²) in [6, 6.07) is 10.8. The van der Waals surface area contributed by atoms with Crippen LogP contribution in [0.1, 0.15) is 36.5 Å². The van der Waals surface area contributed by atoms with Crippen molar-refractivity contribution in [1.82, 2.24) is 0 Å². The zero-order valence-electron chi connectivity index (χ0n) is 17.3. The van der Waals surface area contributed by atoms with Gasteiger partial charge in [0.05, 0.1) is 22.9 Å². The summed E-state index contributed by atoms with van der Waals surface area (Å²) in [7, 11) is 0. The molecule has 10 heteroatoms. The van der Waals surface area contributed by atoms with Gasteiger partial charge in [0.15, 0.2) is 6.61 Å². The van der Waals surface area contributed by atoms with Crippen molar-refractivity contribution in [3.05, 3.63) is 58.1 Å². The van der Waals surface area contributed by atoms with Crippen molar-refractivity contribution in [2.24, 2.45) is 0 Å². The number of esters is 2. The lowest BCUT2D eigenvalue weighted by Gasteiger charge is -2.09. The smallest absolute Gasteiger partial charge is 0.338 e. The zero-order valence-corrected chi connectivity index (χ0v) is 18.8. The van der Waals surface area contributed by atoms with Gasteiger partial charge in [-0.15, -0.1) is 0 Å². The van der Waals surface area contributed by atoms with Gasteiger partial charge < -0.3 is 20.1 Å². The molecule has 0 saturated carbocycles. The van der Waals surface area contributed by atoms with E-state index in [4.69, 9.17) is 32.7 Å². The van der Waals surface area contributed by atoms with E-state index in [2.05, 4.69) is 10.6 Å². The fourth-order valence-electron chi connectivity index (χ4n) is 2.52. The molecule has 0 atom stereocenters. The second-order valence-electron chi connectivity index (χ2n) is 6.53. The van der Waals surface area contributed by atoms with E-state index in [1.165, 1.54) is 12.1 Å². The van der Waals surface area contributed by atoms with Gasteiger partial charge in [0, 0.05) is 23.6 Å². The first-order valence-corrected chi connectivity index (χ1v) is 10.5. The van der Waals surface area contributed by atoms with Gasteiger partial charge in [-0.05, 0) is 55.8 Å². The lowest BCUT2D eigenvalue weighted by molar-refractivity contribution is -0.147. The fraction of sp³-hybridized carbons (Fsp3) is 0.273. The van der Waals surface area contributed by atoms with Crippen LogP contribution in [0.15, 0.2) is 42.5 Å². The number of halogens is 2. The Bertz CT molecular complexity index is 979. The molecule has 2 aromatic rings. The molecule has 2 amide bonds. The quantitative estimate of drug-likeness (QED) is 0.485. The molecule has 32 heavy (non-hydrogen) atoms. The van der Waals surface area contributed by atoms with Gasteiger partial charge in [0.25, 0.3) is 5.91 Å². The van der Waals surface area contributed by atoms with Crippen LogP contribution in [-0.4, -0.2) is 37.0 Å². The van der Waals surface area contributed by atoms with Crippen molar-refractivity contribution in [2.75, 3.05) is 23.8 Å². The predicted molar refractivity (Wildman–Crippen MR) is 121 cm³/mol. The molecule has 0 saturated heterocycles. The zero-order chi connectivity index (χ0) is 23.5. The standard InChI is InChI=1S/C22H22Cl2N2O6/c1-2-31-22(30)14-6-9-16(10-7-14)25-19(27)4-3-5-21(29)32-13-20(28)26-18-11-8-15(23)12-17(18)24/h6-12H,2-5,13H2,1H3,(H,25,27)(H,26,28). The number of hydrogen-bond acceptors (Lipinski definition) is 6. The molecule has 0 heterocycles. The van der Waals surface area contributed by atoms with Crippen molar-refractivity contribution in [2.45, 2.75) is 26.2 Å². The van der Waals surface area contributed by atoms with Gasteiger partial charge in [-0.25, -0.2) is 4.79 Å². The van der Waals surface area contributed by atoms with Crippen molar-refractivity contribution < 1.29 is 28.7 Å². The van der Waals surface area contributed by atoms with Gasteiger partial charge in [0.2, 0.25) is 5.91 Å². The van der Waals surface area contributed by atoms with E-state index in [9.17, 15) is 19.2 Å². The van der Waals surface area contributed by atoms with E-state index in [1.54, 1.807) is 37.3 Å². The summed E-state index contributed by atoms with van der Waals surface area (Å²) in [5, 5.41) is 5.87. The predicted octanol–water partition coefficient (Wildman–Crippen LogP) is 4.46. The number of benzene rings is 2. The second-order valence-corrected chi connectivity index (χ2v) is 7.38. The first-order chi connectivity index (χ1) is 15.3. The molecular formula is C22H22Cl2N2O6. The molecule has 2 aromatic carbocycles. The van der Waals surface area contributed by atoms with Gasteiger partial charge in [-0.1, -0.05) is 23.2 Å². The van der Waals surface area contributed by atoms with Crippen LogP contribution in [-0.2, 0) is 23.9 Å². The van der Waals surface area contributed by atoms with Crippen LogP contribution in [0, 0.1) is 0 Å². The van der Waals surface area contributed by atoms with Gasteiger partial charge in [-0.3, -0.25) is 14.4 Å². The topological polar surface area (TPSA) is 111 Å². The third-order valence-electron chi connectivity index (χ3n) is 4.03. The lowest BCUT2D eigenvalue weighted by atomic mass is 10.2. The Labute approximate surface area is 195 Å². The fourth-order valence-corrected chi connectivity index (χ4v) is 2.97. The molecule has 8 nitrogen and oxygen atoms in total. The minimum Gasteiger partial charge on any atom is -0.462 e. The number of carbonyl (C=O) groups is 4. The molecule has 170 valence electrons. The molecule has 0 aliphatic rings. The van der Waals surface area contributed by atoms with Gasteiger partial charge >= 0.3 is 11.9 Å². The first kappa shape index (κ1) is 25.2. The SMILES string of the molecule is CCOC(=O)c1ccc(NC(=O)CCCC(=O)OCC(=O)Nc2ccc(Cl)cc2Cl)cc1. The molecule has 0 aromatic heterocycles. The normalized spacial score (nSPS) is 10.2. The Hall–Kier alpha value is -3.10. The largest absolute Gasteiger partial charge is 0.462 e. The average Bonchev–Trinajstić information content (AvgIpc) is 2.75. The summed E-state index contributed by atoms with van der Waals surface area (Å²) in [5.41, 5.74) is 1.25. The van der Waals surface area contributed by atoms with Crippen LogP contribution in [0.4, 0.5) is 11.4 Å². The van der Waals surface area contributed by atoms with Gasteiger partial charge in [-0.2, -0.15) is 0 Å². The highest BCUT2D eigenvalue weighted by molar-refractivity contribution is 6.36. The Morgan fingerprint density at radius 2 is 1.59 bits per heavy atom. The summed E-state index contributed by atoms with van der Waals surface area (Å²) < 4.78 is 9.79. The summed E-state index contributed by atoms with van der Waals surface area (Å²) in [4.78, 5) is 47.3. The maximum atomic E-state index is 12.0. The van der Waals surface area contributed by atoms with E-state index in [0.717, 1.165) is 0 Å². The number of carbonyl (C=O) groups excluding carboxylic acids is 4. The molecule has 0 radical (unpaired) electrons. The van der Waals surface area contributed by atoms with Crippen LogP contribution >= 0.6 is 23.2 Å². The number of hydrogen-bond donors (Lipinski definition) is 2. The highest BCUT2D eigenvalue weighted by Gasteiger charge is 2.12. The van der Waals surface area contributed by atoms with E-state index in [-0.39, 0.29) is 36.8 Å². The molecule has 0 bridgehead atoms. The third-order valence-corrected chi connectivity index (χ3v) is 4.58. The van der Waals surface area contributed by atoms with Crippen molar-refractivity contribution in [3.8, 4) is 0 Å². The number of ether oxygens (including phenoxy) is 2. The summed E-state index contributed by atoms with van der Waals surface area (Å²) in [5.74, 6) is -1.88. The average molecular weight is 481 g/mol. The Morgan fingerprint density at radius 1 is 0.875 bits per heavy atom. The molecular weight excluding hydrogens is 459 g/mol. The Morgan fingerprint density at radius 3 is 2.25 bits per heavy atom. The number of rotatable bonds is 10. The maximum absolute atomic E-state index is 12.0. The van der Waals surface area contributed by atoms with Crippen LogP contribution in [0.25, 0.3) is 0 Å². The molecule has 2 N–H and O–H groups in total. The van der Waals surface area contributed by atoms with Crippen LogP contribution in [0.5, 0.6) is 0 Å². The number of anilines is 2. The van der Waals surface area contributed by atoms with Gasteiger partial charge in [0.1, 0.15) is 0 Å². The molecule has 0 aliphatic heterocycles. The van der Waals surface area contributed by atoms with E-state index < -0.39 is 24.5 Å². The molecule has 0 aliphatic carbocycles. The summed E-state index contributed by atoms with van der Waals surface area (Å²) in [6.45, 7) is 1.52. The minimum absolute atomic E-state index is 0.0236. The van der Waals surface area contributed by atoms with Crippen molar-refractivity contribution >= 4 is 58.3 Å². The van der Waals surface area contributed by atoms with E-state index >= 15 is 0 Å². The summed E-state index contributed by atoms with van der Waals surface area (Å²) >= 11 is 11.7.